The van der Waals surface area contributed by atoms with Crippen LogP contribution in [0.15, 0.2) is 30.9 Å². The molecular weight excluding hydrogens is 158 g/mol. The minimum absolute atomic E-state index is 0.273. The molecule has 0 aromatic rings. The van der Waals surface area contributed by atoms with Crippen LogP contribution in [0.1, 0.15) is 0 Å². The van der Waals surface area contributed by atoms with Crippen molar-refractivity contribution in [2.75, 3.05) is 0 Å². The minimum atomic E-state index is 0.273. The van der Waals surface area contributed by atoms with Crippen molar-refractivity contribution < 1.29 is 4.43 Å². The van der Waals surface area contributed by atoms with Crippen molar-refractivity contribution in [3.8, 4) is 11.4 Å². The van der Waals surface area contributed by atoms with Crippen LogP contribution in [0.4, 0.5) is 0 Å². The van der Waals surface area contributed by atoms with Gasteiger partial charge in [0.1, 0.15) is 5.69 Å². The average Bonchev–Trinajstić information content (AvgIpc) is 2.07. The van der Waals surface area contributed by atoms with Crippen molar-refractivity contribution in [3.05, 3.63) is 41.0 Å². The van der Waals surface area contributed by atoms with Crippen LogP contribution in [-0.4, -0.2) is 9.71 Å². The second kappa shape index (κ2) is 2.30. The molecule has 2 heterocycles. The Morgan fingerprint density at radius 2 is 2.42 bits per heavy atom. The van der Waals surface area contributed by atoms with E-state index in [9.17, 15) is 10.1 Å². The first-order valence-electron chi connectivity index (χ1n) is 3.34. The van der Waals surface area contributed by atoms with Gasteiger partial charge in [0.05, 0.1) is 10.1 Å². The molecule has 0 unspecified atom stereocenters. The molecule has 0 amide bonds. The van der Waals surface area contributed by atoms with Gasteiger partial charge in [0.2, 0.25) is 6.20 Å². The summed E-state index contributed by atoms with van der Waals surface area (Å²) in [5.74, 6) is 0. The molecule has 5 heteroatoms. The summed E-state index contributed by atoms with van der Waals surface area (Å²) in [7, 11) is 0. The van der Waals surface area contributed by atoms with E-state index in [1.165, 1.54) is 30.9 Å². The molecule has 2 aliphatic rings. The van der Waals surface area contributed by atoms with Gasteiger partial charge in [-0.25, -0.2) is 0 Å². The van der Waals surface area contributed by atoms with Crippen LogP contribution in [0.3, 0.4) is 0 Å². The molecule has 0 N–H and O–H groups in total. The van der Waals surface area contributed by atoms with Gasteiger partial charge in [-0.2, -0.15) is 0 Å². The maximum absolute atomic E-state index is 11.1. The standard InChI is InChI=1S/C7H5N3O2/c11-9-3-1-6-7(5-9)10(12)4-2-8-6/h1-5H. The first-order chi connectivity index (χ1) is 5.77. The van der Waals surface area contributed by atoms with Crippen LogP contribution in [0.2, 0.25) is 0 Å². The number of aromatic nitrogens is 3. The zero-order valence-corrected chi connectivity index (χ0v) is 6.04. The summed E-state index contributed by atoms with van der Waals surface area (Å²) in [5, 5.41) is 11.1. The highest BCUT2D eigenvalue weighted by Crippen LogP contribution is 2.13. The predicted molar refractivity (Wildman–Crippen MR) is 41.0 cm³/mol. The maximum atomic E-state index is 11.1. The topological polar surface area (TPSA) is 63.8 Å². The molecule has 0 spiro atoms. The summed E-state index contributed by atoms with van der Waals surface area (Å²) in [6.07, 6.45) is 5.14. The maximum Gasteiger partial charge on any atom is 0.253 e. The predicted octanol–water partition coefficient (Wildman–Crippen LogP) is 0.248. The second-order valence-electron chi connectivity index (χ2n) is 2.33. The van der Waals surface area contributed by atoms with E-state index in [0.717, 1.165) is 0 Å². The van der Waals surface area contributed by atoms with Crippen LogP contribution >= 0.6 is 0 Å². The molecule has 0 aromatic carbocycles. The van der Waals surface area contributed by atoms with Crippen LogP contribution in [0, 0.1) is 10.1 Å². The molecule has 0 fully saturated rings. The largest absolute Gasteiger partial charge is 0.805 e. The summed E-state index contributed by atoms with van der Waals surface area (Å²) in [5.41, 5.74) is 0.787. The summed E-state index contributed by atoms with van der Waals surface area (Å²) in [4.78, 5) is 14.7. The molecule has 0 aromatic heterocycles. The minimum Gasteiger partial charge on any atom is -0.805 e. The van der Waals surface area contributed by atoms with E-state index in [-0.39, 0.29) is 5.69 Å². The molecule has 0 saturated heterocycles. The number of hydrogen-bond acceptors (Lipinski definition) is 3. The number of rotatable bonds is 0. The molecule has 2 rings (SSSR count). The quantitative estimate of drug-likeness (QED) is 0.523. The Labute approximate surface area is 67.4 Å². The normalized spacial score (nSPS) is 10.3. The van der Waals surface area contributed by atoms with Gasteiger partial charge in [-0.05, 0) is 0 Å². The van der Waals surface area contributed by atoms with E-state index in [1.807, 2.05) is 0 Å². The van der Waals surface area contributed by atoms with E-state index < -0.39 is 0 Å². The molecule has 0 radical (unpaired) electrons. The van der Waals surface area contributed by atoms with Gasteiger partial charge in [0.15, 0.2) is 0 Å². The van der Waals surface area contributed by atoms with Gasteiger partial charge in [-0.15, -0.1) is 0 Å². The number of hydrogen-bond donors (Lipinski definition) is 0. The molecule has 0 bridgehead atoms. The Kier molecular flexibility index (Phi) is 1.30. The van der Waals surface area contributed by atoms with E-state index in [1.54, 1.807) is 0 Å². The lowest BCUT2D eigenvalue weighted by Crippen LogP contribution is -2.14. The first kappa shape index (κ1) is 6.78. The Balaban J connectivity index is 2.87. The van der Waals surface area contributed by atoms with Crippen LogP contribution < -0.4 is 4.43 Å². The van der Waals surface area contributed by atoms with Gasteiger partial charge in [-0.3, -0.25) is 4.98 Å². The van der Waals surface area contributed by atoms with Gasteiger partial charge in [0, 0.05) is 23.4 Å². The monoisotopic (exact) mass is 163 g/mol. The smallest absolute Gasteiger partial charge is 0.253 e. The molecule has 60 valence electrons. The zero-order chi connectivity index (χ0) is 8.55. The van der Waals surface area contributed by atoms with Crippen molar-refractivity contribution in [1.29, 1.82) is 0 Å². The number of nitrogens with zero attached hydrogens (tertiary/aromatic N) is 3. The lowest BCUT2D eigenvalue weighted by molar-refractivity contribution is -0.494. The van der Waals surface area contributed by atoms with E-state index in [2.05, 4.69) is 4.98 Å². The van der Waals surface area contributed by atoms with Crippen LogP contribution in [0.5, 0.6) is 0 Å². The van der Waals surface area contributed by atoms with Crippen LogP contribution in [-0.2, 0) is 0 Å². The first-order valence-corrected chi connectivity index (χ1v) is 3.34. The van der Waals surface area contributed by atoms with Crippen molar-refractivity contribution in [3.63, 3.8) is 0 Å². The lowest BCUT2D eigenvalue weighted by atomic mass is 10.3. The highest BCUT2D eigenvalue weighted by atomic mass is 16.5. The van der Waals surface area contributed by atoms with E-state index in [4.69, 9.17) is 0 Å². The summed E-state index contributed by atoms with van der Waals surface area (Å²) < 4.78 is 1.18. The molecule has 0 atom stereocenters. The Morgan fingerprint density at radius 1 is 1.58 bits per heavy atom. The summed E-state index contributed by atoms with van der Waals surface area (Å²) >= 11 is 0. The fourth-order valence-electron chi connectivity index (χ4n) is 0.993. The fraction of sp³-hybridized carbons (Fsp3) is 0. The van der Waals surface area contributed by atoms with Gasteiger partial charge >= 0.3 is 0 Å². The van der Waals surface area contributed by atoms with Gasteiger partial charge in [0.25, 0.3) is 6.20 Å². The molecular formula is C7H5N3O2. The molecule has 2 aliphatic heterocycles. The van der Waals surface area contributed by atoms with Crippen molar-refractivity contribution in [1.82, 2.24) is 9.71 Å². The molecule has 12 heavy (non-hydrogen) atoms. The second-order valence-corrected chi connectivity index (χ2v) is 2.33. The number of pyridine rings is 1. The zero-order valence-electron chi connectivity index (χ0n) is 6.04. The molecule has 5 nitrogen and oxygen atoms in total. The summed E-state index contributed by atoms with van der Waals surface area (Å²) in [6.45, 7) is 0. The summed E-state index contributed by atoms with van der Waals surface area (Å²) in [6, 6.07) is 1.50. The third kappa shape index (κ3) is 0.914. The highest BCUT2D eigenvalue weighted by molar-refractivity contribution is 5.52. The van der Waals surface area contributed by atoms with Crippen molar-refractivity contribution in [2.24, 2.45) is 0 Å². The number of fused-ring (bicyclic) bond motifs is 1. The SMILES string of the molecule is O=[n+]1ccc2nccn([O-])c-2c1. The third-order valence-corrected chi connectivity index (χ3v) is 1.54. The van der Waals surface area contributed by atoms with E-state index >= 15 is 0 Å². The molecule has 0 aliphatic carbocycles. The van der Waals surface area contributed by atoms with Gasteiger partial charge in [-0.1, -0.05) is 0 Å². The van der Waals surface area contributed by atoms with Gasteiger partial charge < -0.3 is 9.94 Å². The average molecular weight is 163 g/mol. The lowest BCUT2D eigenvalue weighted by Gasteiger charge is -2.13. The molecule has 0 saturated carbocycles. The van der Waals surface area contributed by atoms with Crippen molar-refractivity contribution in [2.45, 2.75) is 0 Å². The van der Waals surface area contributed by atoms with Crippen LogP contribution in [0.25, 0.3) is 11.4 Å². The van der Waals surface area contributed by atoms with E-state index in [0.29, 0.717) is 14.9 Å². The van der Waals surface area contributed by atoms with Crippen molar-refractivity contribution >= 4 is 0 Å². The Bertz CT molecular complexity index is 437. The Morgan fingerprint density at radius 3 is 3.25 bits per heavy atom. The Hall–Kier alpha value is -1.91. The third-order valence-electron chi connectivity index (χ3n) is 1.54. The fourth-order valence-corrected chi connectivity index (χ4v) is 0.993. The highest BCUT2D eigenvalue weighted by Gasteiger charge is 2.07.